The molecule has 21 heavy (non-hydrogen) atoms. The summed E-state index contributed by atoms with van der Waals surface area (Å²) in [7, 11) is 1.45. The van der Waals surface area contributed by atoms with Crippen LogP contribution in [0.15, 0.2) is 31.0 Å². The Bertz CT molecular complexity index is 418. The van der Waals surface area contributed by atoms with Crippen molar-refractivity contribution in [3.63, 3.8) is 0 Å². The second kappa shape index (κ2) is 9.13. The number of nitrogens with one attached hydrogen (secondary N) is 1. The predicted octanol–water partition coefficient (Wildman–Crippen LogP) is 1.96. The molecule has 0 heterocycles. The zero-order chi connectivity index (χ0) is 16.5. The number of carbonyl (C=O) groups is 2. The highest BCUT2D eigenvalue weighted by atomic mass is 16.7. The van der Waals surface area contributed by atoms with Crippen LogP contribution >= 0.6 is 0 Å². The molecule has 0 aromatic carbocycles. The summed E-state index contributed by atoms with van der Waals surface area (Å²) in [6.45, 7) is 12.0. The van der Waals surface area contributed by atoms with Gasteiger partial charge < -0.3 is 19.5 Å². The topological polar surface area (TPSA) is 73.9 Å². The summed E-state index contributed by atoms with van der Waals surface area (Å²) in [5.74, 6) is -0.433. The summed E-state index contributed by atoms with van der Waals surface area (Å²) < 4.78 is 15.2. The largest absolute Gasteiger partial charge is 0.444 e. The van der Waals surface area contributed by atoms with Crippen molar-refractivity contribution in [3.8, 4) is 0 Å². The van der Waals surface area contributed by atoms with Crippen LogP contribution in [-0.2, 0) is 19.0 Å². The molecular formula is C15H23NO5. The van der Waals surface area contributed by atoms with Crippen molar-refractivity contribution in [3.05, 3.63) is 31.0 Å². The van der Waals surface area contributed by atoms with Crippen LogP contribution in [0.25, 0.3) is 0 Å². The van der Waals surface area contributed by atoms with E-state index in [-0.39, 0.29) is 6.79 Å². The van der Waals surface area contributed by atoms with Gasteiger partial charge in [0.2, 0.25) is 0 Å². The highest BCUT2D eigenvalue weighted by Crippen LogP contribution is 2.09. The fourth-order valence-electron chi connectivity index (χ4n) is 1.39. The molecular weight excluding hydrogens is 274 g/mol. The van der Waals surface area contributed by atoms with Crippen molar-refractivity contribution in [2.75, 3.05) is 13.9 Å². The van der Waals surface area contributed by atoms with Gasteiger partial charge in [-0.1, -0.05) is 12.7 Å². The van der Waals surface area contributed by atoms with Crippen molar-refractivity contribution in [1.29, 1.82) is 0 Å². The lowest BCUT2D eigenvalue weighted by Gasteiger charge is -2.26. The van der Waals surface area contributed by atoms with Gasteiger partial charge in [0, 0.05) is 13.2 Å². The molecule has 0 aliphatic heterocycles. The number of amides is 1. The van der Waals surface area contributed by atoms with Crippen molar-refractivity contribution in [2.24, 2.45) is 0 Å². The number of alkyl carbamates (subject to hydrolysis) is 1. The Morgan fingerprint density at radius 2 is 2.00 bits per heavy atom. The molecule has 118 valence electrons. The molecule has 6 heteroatoms. The van der Waals surface area contributed by atoms with E-state index in [1.165, 1.54) is 13.2 Å². The van der Waals surface area contributed by atoms with Gasteiger partial charge in [-0.15, -0.1) is 12.3 Å². The lowest BCUT2D eigenvalue weighted by Crippen LogP contribution is -2.50. The molecule has 0 spiro atoms. The minimum Gasteiger partial charge on any atom is -0.444 e. The highest BCUT2D eigenvalue weighted by Gasteiger charge is 2.29. The number of rotatable bonds is 8. The van der Waals surface area contributed by atoms with E-state index >= 15 is 0 Å². The monoisotopic (exact) mass is 297 g/mol. The molecule has 0 rings (SSSR count). The molecule has 1 unspecified atom stereocenters. The van der Waals surface area contributed by atoms with Crippen LogP contribution in [0.2, 0.25) is 0 Å². The Hall–Kier alpha value is -1.88. The van der Waals surface area contributed by atoms with Crippen molar-refractivity contribution in [2.45, 2.75) is 38.5 Å². The highest BCUT2D eigenvalue weighted by molar-refractivity contribution is 5.96. The minimum absolute atomic E-state index is 0.0474. The van der Waals surface area contributed by atoms with Gasteiger partial charge in [-0.2, -0.15) is 0 Å². The zero-order valence-corrected chi connectivity index (χ0v) is 13.0. The van der Waals surface area contributed by atoms with Crippen LogP contribution < -0.4 is 5.32 Å². The molecule has 0 saturated carbocycles. The van der Waals surface area contributed by atoms with Crippen LogP contribution in [-0.4, -0.2) is 43.5 Å². The molecule has 0 radical (unpaired) electrons. The van der Waals surface area contributed by atoms with E-state index in [1.807, 2.05) is 0 Å². The molecule has 2 atom stereocenters. The fourth-order valence-corrected chi connectivity index (χ4v) is 1.39. The van der Waals surface area contributed by atoms with Crippen LogP contribution in [0.1, 0.15) is 20.8 Å². The van der Waals surface area contributed by atoms with E-state index < -0.39 is 29.6 Å². The predicted molar refractivity (Wildman–Crippen MR) is 78.8 cm³/mol. The normalized spacial score (nSPS) is 13.5. The first-order valence-corrected chi connectivity index (χ1v) is 6.37. The van der Waals surface area contributed by atoms with E-state index in [0.29, 0.717) is 0 Å². The maximum Gasteiger partial charge on any atom is 0.408 e. The first-order valence-electron chi connectivity index (χ1n) is 6.37. The number of hydrogen-bond donors (Lipinski definition) is 1. The van der Waals surface area contributed by atoms with Crippen molar-refractivity contribution < 1.29 is 23.8 Å². The molecule has 1 N–H and O–H groups in total. The van der Waals surface area contributed by atoms with Crippen LogP contribution in [0.3, 0.4) is 0 Å². The van der Waals surface area contributed by atoms with Gasteiger partial charge in [0.15, 0.2) is 5.78 Å². The summed E-state index contributed by atoms with van der Waals surface area (Å²) in [6.07, 6.45) is 1.02. The van der Waals surface area contributed by atoms with Crippen LogP contribution in [0, 0.1) is 0 Å². The average Bonchev–Trinajstić information content (AvgIpc) is 2.36. The van der Waals surface area contributed by atoms with Gasteiger partial charge in [-0.25, -0.2) is 4.79 Å². The van der Waals surface area contributed by atoms with E-state index in [9.17, 15) is 9.59 Å². The fraction of sp³-hybridized carbons (Fsp3) is 0.533. The van der Waals surface area contributed by atoms with E-state index in [4.69, 9.17) is 14.2 Å². The zero-order valence-electron chi connectivity index (χ0n) is 13.0. The molecule has 0 aliphatic carbocycles. The standard InChI is InChI=1S/C15H23NO5/c1-7-9-11(17)13(12(8-2)20-10-19-6)16-14(18)21-15(3,4)5/h8-9,12-13H,1-2,10H2,3-6H3,(H,16,18)/t12?,13-/m0/s1. The number of hydrogen-bond acceptors (Lipinski definition) is 5. The summed E-state index contributed by atoms with van der Waals surface area (Å²) in [4.78, 5) is 23.8. The Labute approximate surface area is 125 Å². The molecule has 6 nitrogen and oxygen atoms in total. The lowest BCUT2D eigenvalue weighted by molar-refractivity contribution is -0.123. The molecule has 1 amide bonds. The molecule has 0 fully saturated rings. The van der Waals surface area contributed by atoms with Crippen LogP contribution in [0.4, 0.5) is 4.79 Å². The van der Waals surface area contributed by atoms with Gasteiger partial charge in [-0.05, 0) is 20.8 Å². The van der Waals surface area contributed by atoms with Gasteiger partial charge in [0.1, 0.15) is 24.5 Å². The Morgan fingerprint density at radius 3 is 2.43 bits per heavy atom. The smallest absolute Gasteiger partial charge is 0.408 e. The number of carbonyl (C=O) groups excluding carboxylic acids is 2. The second-order valence-corrected chi connectivity index (χ2v) is 5.15. The SMILES string of the molecule is C=C=CC(=O)[C@H](NC(=O)OC(C)(C)C)C(C=C)OCOC. The summed E-state index contributed by atoms with van der Waals surface area (Å²) >= 11 is 0. The third kappa shape index (κ3) is 8.09. The van der Waals surface area contributed by atoms with Gasteiger partial charge in [0.25, 0.3) is 0 Å². The van der Waals surface area contributed by atoms with Crippen LogP contribution in [0.5, 0.6) is 0 Å². The minimum atomic E-state index is -0.998. The van der Waals surface area contributed by atoms with E-state index in [2.05, 4.69) is 24.2 Å². The molecule has 0 aromatic heterocycles. The maximum absolute atomic E-state index is 12.0. The van der Waals surface area contributed by atoms with Crippen molar-refractivity contribution >= 4 is 11.9 Å². The summed E-state index contributed by atoms with van der Waals surface area (Å²) in [5, 5.41) is 2.46. The second-order valence-electron chi connectivity index (χ2n) is 5.15. The van der Waals surface area contributed by atoms with Gasteiger partial charge in [0.05, 0.1) is 0 Å². The summed E-state index contributed by atoms with van der Waals surface area (Å²) in [5.41, 5.74) is 1.69. The molecule has 0 aliphatic rings. The number of ketones is 1. The molecule has 0 saturated heterocycles. The third-order valence-corrected chi connectivity index (χ3v) is 2.16. The van der Waals surface area contributed by atoms with E-state index in [0.717, 1.165) is 6.08 Å². The first kappa shape index (κ1) is 19.1. The summed E-state index contributed by atoms with van der Waals surface area (Å²) in [6, 6.07) is -0.998. The van der Waals surface area contributed by atoms with Gasteiger partial charge in [-0.3, -0.25) is 4.79 Å². The van der Waals surface area contributed by atoms with E-state index in [1.54, 1.807) is 20.8 Å². The molecule has 0 aromatic rings. The average molecular weight is 297 g/mol. The third-order valence-electron chi connectivity index (χ3n) is 2.16. The lowest BCUT2D eigenvalue weighted by atomic mass is 10.1. The Kier molecular flexibility index (Phi) is 8.31. The number of ether oxygens (including phenoxy) is 3. The van der Waals surface area contributed by atoms with Gasteiger partial charge >= 0.3 is 6.09 Å². The quantitative estimate of drug-likeness (QED) is 0.321. The first-order chi connectivity index (χ1) is 9.75. The maximum atomic E-state index is 12.0. The Morgan fingerprint density at radius 1 is 1.38 bits per heavy atom. The molecule has 0 bridgehead atoms. The Balaban J connectivity index is 5.04. The van der Waals surface area contributed by atoms with Crippen molar-refractivity contribution in [1.82, 2.24) is 5.32 Å². The number of methoxy groups -OCH3 is 1.